The summed E-state index contributed by atoms with van der Waals surface area (Å²) >= 11 is 0. The van der Waals surface area contributed by atoms with E-state index in [0.29, 0.717) is 17.7 Å². The van der Waals surface area contributed by atoms with E-state index in [-0.39, 0.29) is 5.91 Å². The lowest BCUT2D eigenvalue weighted by Crippen LogP contribution is -2.27. The topological polar surface area (TPSA) is 89.9 Å². The molecule has 1 N–H and O–H groups in total. The van der Waals surface area contributed by atoms with Crippen molar-refractivity contribution in [3.05, 3.63) is 30.1 Å². The third kappa shape index (κ3) is 4.47. The van der Waals surface area contributed by atoms with Crippen molar-refractivity contribution in [2.24, 2.45) is 5.10 Å². The van der Waals surface area contributed by atoms with E-state index in [1.165, 1.54) is 20.4 Å². The molecule has 7 nitrogen and oxygen atoms in total. The lowest BCUT2D eigenvalue weighted by atomic mass is 10.1. The van der Waals surface area contributed by atoms with Crippen LogP contribution in [-0.4, -0.2) is 36.0 Å². The molecule has 0 unspecified atom stereocenters. The van der Waals surface area contributed by atoms with E-state index in [1.54, 1.807) is 39.1 Å². The first-order valence-electron chi connectivity index (χ1n) is 6.71. The second kappa shape index (κ2) is 7.63. The fourth-order valence-corrected chi connectivity index (χ4v) is 3.60. The molecule has 0 saturated heterocycles. The average molecular weight is 327 g/mol. The Bertz CT molecular complexity index is 579. The molecule has 0 aliphatic rings. The third-order valence-electron chi connectivity index (χ3n) is 3.18. The van der Waals surface area contributed by atoms with E-state index in [1.807, 2.05) is 0 Å². The molecule has 0 radical (unpaired) electrons. The summed E-state index contributed by atoms with van der Waals surface area (Å²) in [6.07, 6.45) is 3.38. The largest absolute Gasteiger partial charge is 0.336 e. The van der Waals surface area contributed by atoms with Crippen molar-refractivity contribution < 1.29 is 18.4 Å². The predicted molar refractivity (Wildman–Crippen MR) is 85.1 cm³/mol. The number of carbonyl (C=O) groups is 1. The van der Waals surface area contributed by atoms with Crippen molar-refractivity contribution in [2.75, 3.05) is 14.2 Å². The van der Waals surface area contributed by atoms with Crippen molar-refractivity contribution in [2.45, 2.75) is 32.3 Å². The highest BCUT2D eigenvalue weighted by Gasteiger charge is 2.42. The minimum absolute atomic E-state index is 0.347. The van der Waals surface area contributed by atoms with Crippen LogP contribution < -0.4 is 5.43 Å². The van der Waals surface area contributed by atoms with Crippen LogP contribution in [0.1, 0.15) is 37.6 Å². The van der Waals surface area contributed by atoms with Gasteiger partial charge in [0.15, 0.2) is 0 Å². The van der Waals surface area contributed by atoms with Crippen LogP contribution in [0.2, 0.25) is 0 Å². The van der Waals surface area contributed by atoms with Crippen LogP contribution in [0.5, 0.6) is 0 Å². The van der Waals surface area contributed by atoms with E-state index in [0.717, 1.165) is 0 Å². The van der Waals surface area contributed by atoms with Crippen LogP contribution in [0.25, 0.3) is 0 Å². The average Bonchev–Trinajstić information content (AvgIpc) is 2.51. The van der Waals surface area contributed by atoms with Crippen LogP contribution in [0.15, 0.2) is 29.6 Å². The summed E-state index contributed by atoms with van der Waals surface area (Å²) in [4.78, 5) is 15.7. The molecular weight excluding hydrogens is 305 g/mol. The highest BCUT2D eigenvalue weighted by atomic mass is 31.2. The SMILES string of the molecule is COP(=O)(OC)C(C)(C)C/C(C)=N\NC(=O)c1cccnc1. The maximum absolute atomic E-state index is 12.5. The Morgan fingerprint density at radius 1 is 1.41 bits per heavy atom. The molecular formula is C14H22N3O4P. The van der Waals surface area contributed by atoms with Crippen LogP contribution in [0.4, 0.5) is 0 Å². The molecule has 0 fully saturated rings. The van der Waals surface area contributed by atoms with Crippen LogP contribution >= 0.6 is 7.60 Å². The van der Waals surface area contributed by atoms with Crippen molar-refractivity contribution in [1.82, 2.24) is 10.4 Å². The summed E-state index contributed by atoms with van der Waals surface area (Å²) in [6, 6.07) is 3.31. The highest BCUT2D eigenvalue weighted by molar-refractivity contribution is 7.55. The van der Waals surface area contributed by atoms with Gasteiger partial charge in [0.2, 0.25) is 0 Å². The number of amides is 1. The quantitative estimate of drug-likeness (QED) is 0.472. The van der Waals surface area contributed by atoms with E-state index in [2.05, 4.69) is 15.5 Å². The first kappa shape index (κ1) is 18.5. The molecule has 0 bridgehead atoms. The Morgan fingerprint density at radius 2 is 2.05 bits per heavy atom. The van der Waals surface area contributed by atoms with Crippen LogP contribution in [0.3, 0.4) is 0 Å². The van der Waals surface area contributed by atoms with Gasteiger partial charge in [-0.1, -0.05) is 0 Å². The van der Waals surface area contributed by atoms with Gasteiger partial charge in [-0.15, -0.1) is 0 Å². The maximum Gasteiger partial charge on any atom is 0.336 e. The number of hydrazone groups is 1. The van der Waals surface area contributed by atoms with Crippen molar-refractivity contribution >= 4 is 19.2 Å². The lowest BCUT2D eigenvalue weighted by Gasteiger charge is -2.30. The van der Waals surface area contributed by atoms with Gasteiger partial charge in [0.25, 0.3) is 5.91 Å². The second-order valence-electron chi connectivity index (χ2n) is 5.38. The van der Waals surface area contributed by atoms with E-state index >= 15 is 0 Å². The smallest absolute Gasteiger partial charge is 0.312 e. The van der Waals surface area contributed by atoms with Gasteiger partial charge in [-0.3, -0.25) is 14.3 Å². The summed E-state index contributed by atoms with van der Waals surface area (Å²) in [5.74, 6) is -0.355. The van der Waals surface area contributed by atoms with Crippen LogP contribution in [0, 0.1) is 0 Å². The molecule has 1 aromatic rings. The summed E-state index contributed by atoms with van der Waals surface area (Å²) in [7, 11) is -0.547. The molecule has 0 saturated carbocycles. The van der Waals surface area contributed by atoms with Crippen molar-refractivity contribution in [3.63, 3.8) is 0 Å². The van der Waals surface area contributed by atoms with Gasteiger partial charge in [-0.2, -0.15) is 5.10 Å². The van der Waals surface area contributed by atoms with Crippen molar-refractivity contribution in [1.29, 1.82) is 0 Å². The first-order valence-corrected chi connectivity index (χ1v) is 8.25. The number of rotatable bonds is 7. The third-order valence-corrected chi connectivity index (χ3v) is 5.78. The molecule has 1 aromatic heterocycles. The summed E-state index contributed by atoms with van der Waals surface area (Å²) in [5, 5.41) is 3.26. The van der Waals surface area contributed by atoms with Gasteiger partial charge in [-0.05, 0) is 32.9 Å². The number of nitrogens with one attached hydrogen (secondary N) is 1. The Morgan fingerprint density at radius 3 is 2.55 bits per heavy atom. The molecule has 0 spiro atoms. The van der Waals surface area contributed by atoms with Gasteiger partial charge < -0.3 is 9.05 Å². The standard InChI is InChI=1S/C14H22N3O4P/c1-11(9-14(2,3)22(19,20-4)21-5)16-17-13(18)12-7-6-8-15-10-12/h6-8,10H,9H2,1-5H3,(H,17,18)/b16-11-. The van der Waals surface area contributed by atoms with Gasteiger partial charge in [0.1, 0.15) is 0 Å². The molecule has 1 rings (SSSR count). The predicted octanol–water partition coefficient (Wildman–Crippen LogP) is 2.84. The minimum atomic E-state index is -3.25. The maximum atomic E-state index is 12.5. The zero-order valence-corrected chi connectivity index (χ0v) is 14.4. The summed E-state index contributed by atoms with van der Waals surface area (Å²) in [5.41, 5.74) is 3.47. The molecule has 8 heteroatoms. The fraction of sp³-hybridized carbons (Fsp3) is 0.500. The lowest BCUT2D eigenvalue weighted by molar-refractivity contribution is 0.0954. The number of carbonyl (C=O) groups excluding carboxylic acids is 1. The van der Waals surface area contributed by atoms with E-state index in [4.69, 9.17) is 9.05 Å². The number of aromatic nitrogens is 1. The number of hydrogen-bond donors (Lipinski definition) is 1. The van der Waals surface area contributed by atoms with Gasteiger partial charge >= 0.3 is 7.60 Å². The van der Waals surface area contributed by atoms with Crippen LogP contribution in [-0.2, 0) is 13.6 Å². The molecule has 0 aliphatic carbocycles. The molecule has 0 aliphatic heterocycles. The minimum Gasteiger partial charge on any atom is -0.312 e. The number of pyridine rings is 1. The molecule has 22 heavy (non-hydrogen) atoms. The van der Waals surface area contributed by atoms with E-state index < -0.39 is 12.8 Å². The molecule has 0 aromatic carbocycles. The van der Waals surface area contributed by atoms with Crippen molar-refractivity contribution in [3.8, 4) is 0 Å². The zero-order valence-electron chi connectivity index (χ0n) is 13.5. The normalized spacial score (nSPS) is 13.0. The highest BCUT2D eigenvalue weighted by Crippen LogP contribution is 2.60. The zero-order chi connectivity index (χ0) is 16.8. The number of hydrogen-bond acceptors (Lipinski definition) is 6. The Kier molecular flexibility index (Phi) is 6.41. The van der Waals surface area contributed by atoms with Gasteiger partial charge in [0.05, 0.1) is 10.7 Å². The monoisotopic (exact) mass is 327 g/mol. The van der Waals surface area contributed by atoms with Gasteiger partial charge in [0, 0.05) is 38.7 Å². The number of nitrogens with zero attached hydrogens (tertiary/aromatic N) is 2. The molecule has 1 amide bonds. The Labute approximate surface area is 130 Å². The van der Waals surface area contributed by atoms with E-state index in [9.17, 15) is 9.36 Å². The molecule has 1 heterocycles. The fourth-order valence-electron chi connectivity index (χ4n) is 2.04. The summed E-state index contributed by atoms with van der Waals surface area (Å²) < 4.78 is 22.5. The molecule has 122 valence electrons. The second-order valence-corrected chi connectivity index (χ2v) is 8.32. The Hall–Kier alpha value is -1.56. The summed E-state index contributed by atoms with van der Waals surface area (Å²) in [6.45, 7) is 5.27. The first-order chi connectivity index (χ1) is 10.3. The molecule has 0 atom stereocenters. The van der Waals surface area contributed by atoms with Gasteiger partial charge in [-0.25, -0.2) is 5.43 Å². The Balaban J connectivity index is 2.74.